The summed E-state index contributed by atoms with van der Waals surface area (Å²) >= 11 is 6.10. The molecule has 3 N–H and O–H groups in total. The molecular formula is C20H20ClF3N2O3. The van der Waals surface area contributed by atoms with E-state index in [2.05, 4.69) is 0 Å². The number of fused-ring (bicyclic) bond motifs is 1. The van der Waals surface area contributed by atoms with Crippen LogP contribution in [-0.2, 0) is 22.2 Å². The van der Waals surface area contributed by atoms with Gasteiger partial charge in [-0.25, -0.2) is 0 Å². The Labute approximate surface area is 170 Å². The van der Waals surface area contributed by atoms with E-state index in [0.29, 0.717) is 0 Å². The Morgan fingerprint density at radius 1 is 1.41 bits per heavy atom. The Hall–Kier alpha value is -2.11. The van der Waals surface area contributed by atoms with Crippen molar-refractivity contribution in [1.82, 2.24) is 0 Å². The minimum Gasteiger partial charge on any atom is -0.481 e. The molecule has 29 heavy (non-hydrogen) atoms. The molecule has 0 bridgehead atoms. The van der Waals surface area contributed by atoms with E-state index in [0.717, 1.165) is 18.2 Å². The smallest absolute Gasteiger partial charge is 0.416 e. The molecule has 0 heterocycles. The van der Waals surface area contributed by atoms with E-state index in [-0.39, 0.29) is 29.8 Å². The molecule has 0 aromatic heterocycles. The number of carbonyl (C=O) groups excluding carboxylic acids is 1. The van der Waals surface area contributed by atoms with E-state index < -0.39 is 58.6 Å². The molecule has 3 rings (SSSR count). The molecule has 1 aromatic rings. The normalized spacial score (nSPS) is 33.1. The Bertz CT molecular complexity index is 913. The predicted molar refractivity (Wildman–Crippen MR) is 97.7 cm³/mol. The van der Waals surface area contributed by atoms with Gasteiger partial charge in [-0.05, 0) is 54.9 Å². The van der Waals surface area contributed by atoms with Crippen molar-refractivity contribution in [3.8, 4) is 6.07 Å². The second-order valence-electron chi connectivity index (χ2n) is 7.83. The molecule has 0 amide bonds. The summed E-state index contributed by atoms with van der Waals surface area (Å²) in [4.78, 5) is 24.7. The van der Waals surface area contributed by atoms with Gasteiger partial charge in [0.05, 0.1) is 23.6 Å². The van der Waals surface area contributed by atoms with Crippen LogP contribution in [0.4, 0.5) is 13.2 Å². The lowest BCUT2D eigenvalue weighted by Gasteiger charge is -2.34. The molecule has 2 saturated carbocycles. The van der Waals surface area contributed by atoms with Gasteiger partial charge in [-0.3, -0.25) is 9.59 Å². The zero-order valence-corrected chi connectivity index (χ0v) is 16.3. The number of alkyl halides is 3. The number of carboxylic acids is 1. The third-order valence-electron chi connectivity index (χ3n) is 6.84. The zero-order valence-electron chi connectivity index (χ0n) is 15.6. The summed E-state index contributed by atoms with van der Waals surface area (Å²) in [6.07, 6.45) is -4.08. The molecule has 1 aromatic carbocycles. The average molecular weight is 429 g/mol. The fraction of sp³-hybridized carbons (Fsp3) is 0.550. The lowest BCUT2D eigenvalue weighted by Crippen LogP contribution is -2.45. The second-order valence-corrected chi connectivity index (χ2v) is 8.24. The summed E-state index contributed by atoms with van der Waals surface area (Å²) in [5.41, 5.74) is 2.03. The summed E-state index contributed by atoms with van der Waals surface area (Å²) in [5, 5.41) is 19.8. The first-order chi connectivity index (χ1) is 13.5. The summed E-state index contributed by atoms with van der Waals surface area (Å²) in [7, 11) is 0. The molecule has 2 aliphatic rings. The van der Waals surface area contributed by atoms with Crippen molar-refractivity contribution in [2.24, 2.45) is 34.3 Å². The third kappa shape index (κ3) is 2.94. The lowest BCUT2D eigenvalue weighted by molar-refractivity contribution is -0.147. The molecule has 2 fully saturated rings. The Morgan fingerprint density at radius 2 is 2.07 bits per heavy atom. The van der Waals surface area contributed by atoms with Gasteiger partial charge in [0.25, 0.3) is 0 Å². The van der Waals surface area contributed by atoms with Gasteiger partial charge in [0.2, 0.25) is 0 Å². The first-order valence-corrected chi connectivity index (χ1v) is 9.62. The maximum absolute atomic E-state index is 13.1. The zero-order chi connectivity index (χ0) is 21.8. The minimum absolute atomic E-state index is 0.0333. The SMILES string of the molecule is CCC1(C(=O)O)C2CC(Cc3cc(C(F)(F)F)ccc3Cl)C(C#N)(C(=O)CN)C21. The van der Waals surface area contributed by atoms with Crippen LogP contribution in [0.2, 0.25) is 5.02 Å². The molecule has 5 unspecified atom stereocenters. The number of benzene rings is 1. The predicted octanol–water partition coefficient (Wildman–Crippen LogP) is 3.69. The highest BCUT2D eigenvalue weighted by molar-refractivity contribution is 6.31. The molecule has 5 atom stereocenters. The summed E-state index contributed by atoms with van der Waals surface area (Å²) in [6, 6.07) is 4.97. The number of aliphatic carboxylic acids is 1. The number of nitriles is 1. The maximum Gasteiger partial charge on any atom is 0.416 e. The van der Waals surface area contributed by atoms with Crippen molar-refractivity contribution in [3.63, 3.8) is 0 Å². The van der Waals surface area contributed by atoms with Crippen LogP contribution < -0.4 is 5.73 Å². The van der Waals surface area contributed by atoms with E-state index in [9.17, 15) is 33.1 Å². The Morgan fingerprint density at radius 3 is 2.55 bits per heavy atom. The van der Waals surface area contributed by atoms with Crippen LogP contribution in [0, 0.1) is 39.9 Å². The number of Topliss-reactive ketones (excluding diaryl/α,β-unsaturated/α-hetero) is 1. The fourth-order valence-electron chi connectivity index (χ4n) is 5.47. The number of carbonyl (C=O) groups is 2. The molecule has 5 nitrogen and oxygen atoms in total. The van der Waals surface area contributed by atoms with Crippen LogP contribution in [0.3, 0.4) is 0 Å². The molecule has 0 aliphatic heterocycles. The molecule has 0 spiro atoms. The van der Waals surface area contributed by atoms with Crippen LogP contribution in [0.5, 0.6) is 0 Å². The Balaban J connectivity index is 2.03. The van der Waals surface area contributed by atoms with Crippen LogP contribution >= 0.6 is 11.6 Å². The molecule has 0 radical (unpaired) electrons. The average Bonchev–Trinajstić information content (AvgIpc) is 3.20. The number of hydrogen-bond donors (Lipinski definition) is 2. The van der Waals surface area contributed by atoms with Crippen LogP contribution in [0.1, 0.15) is 30.9 Å². The quantitative estimate of drug-likeness (QED) is 0.719. The largest absolute Gasteiger partial charge is 0.481 e. The van der Waals surface area contributed by atoms with Crippen LogP contribution in [-0.4, -0.2) is 23.4 Å². The standard InChI is InChI=1S/C20H20ClF3N2O3/c1-2-18(17(28)29)13-7-12(19(9-26,16(13)18)15(27)8-25)6-10-5-11(20(22,23)24)3-4-14(10)21/h3-5,12-13,16H,2,6-8,25H2,1H3,(H,28,29). The number of hydrogen-bond acceptors (Lipinski definition) is 4. The number of carboxylic acid groups (broad SMARTS) is 1. The van der Waals surface area contributed by atoms with Crippen molar-refractivity contribution in [2.75, 3.05) is 6.54 Å². The van der Waals surface area contributed by atoms with Gasteiger partial charge in [0.15, 0.2) is 5.78 Å². The first-order valence-electron chi connectivity index (χ1n) is 9.24. The van der Waals surface area contributed by atoms with Crippen LogP contribution in [0.25, 0.3) is 0 Å². The van der Waals surface area contributed by atoms with E-state index in [1.54, 1.807) is 6.92 Å². The fourth-order valence-corrected chi connectivity index (χ4v) is 5.66. The number of nitrogens with zero attached hydrogens (tertiary/aromatic N) is 1. The monoisotopic (exact) mass is 428 g/mol. The van der Waals surface area contributed by atoms with Gasteiger partial charge in [0, 0.05) is 10.9 Å². The van der Waals surface area contributed by atoms with Crippen molar-refractivity contribution < 1.29 is 27.9 Å². The number of rotatable bonds is 6. The van der Waals surface area contributed by atoms with E-state index >= 15 is 0 Å². The van der Waals surface area contributed by atoms with Crippen molar-refractivity contribution >= 4 is 23.4 Å². The van der Waals surface area contributed by atoms with Crippen LogP contribution in [0.15, 0.2) is 18.2 Å². The molecule has 2 aliphatic carbocycles. The van der Waals surface area contributed by atoms with E-state index in [4.69, 9.17) is 17.3 Å². The van der Waals surface area contributed by atoms with Gasteiger partial charge in [0.1, 0.15) is 5.41 Å². The second kappa shape index (κ2) is 6.99. The van der Waals surface area contributed by atoms with Gasteiger partial charge < -0.3 is 10.8 Å². The summed E-state index contributed by atoms with van der Waals surface area (Å²) < 4.78 is 39.3. The highest BCUT2D eigenvalue weighted by Crippen LogP contribution is 2.77. The van der Waals surface area contributed by atoms with Gasteiger partial charge in [-0.2, -0.15) is 18.4 Å². The molecule has 0 saturated heterocycles. The van der Waals surface area contributed by atoms with Crippen molar-refractivity contribution in [3.05, 3.63) is 34.3 Å². The van der Waals surface area contributed by atoms with Gasteiger partial charge in [-0.15, -0.1) is 0 Å². The Kier molecular flexibility index (Phi) is 5.21. The maximum atomic E-state index is 13.1. The van der Waals surface area contributed by atoms with Crippen molar-refractivity contribution in [1.29, 1.82) is 5.26 Å². The topological polar surface area (TPSA) is 104 Å². The van der Waals surface area contributed by atoms with Gasteiger partial charge >= 0.3 is 12.1 Å². The highest BCUT2D eigenvalue weighted by Gasteiger charge is 2.82. The summed E-state index contributed by atoms with van der Waals surface area (Å²) in [6.45, 7) is 1.25. The minimum atomic E-state index is -4.56. The van der Waals surface area contributed by atoms with E-state index in [1.165, 1.54) is 0 Å². The van der Waals surface area contributed by atoms with Gasteiger partial charge in [-0.1, -0.05) is 18.5 Å². The number of ketones is 1. The number of nitrogens with two attached hydrogens (primary N) is 1. The third-order valence-corrected chi connectivity index (χ3v) is 7.21. The highest BCUT2D eigenvalue weighted by atomic mass is 35.5. The first kappa shape index (κ1) is 21.6. The molecule has 156 valence electrons. The number of halogens is 4. The summed E-state index contributed by atoms with van der Waals surface area (Å²) in [5.74, 6) is -3.38. The van der Waals surface area contributed by atoms with E-state index in [1.807, 2.05) is 6.07 Å². The molecule has 9 heteroatoms. The molecular weight excluding hydrogens is 409 g/mol. The van der Waals surface area contributed by atoms with Crippen molar-refractivity contribution in [2.45, 2.75) is 32.4 Å². The lowest BCUT2D eigenvalue weighted by atomic mass is 9.65.